The first-order chi connectivity index (χ1) is 8.22. The van der Waals surface area contributed by atoms with Crippen LogP contribution in [0.25, 0.3) is 0 Å². The normalized spacial score (nSPS) is 19.3. The molecule has 1 aliphatic heterocycles. The maximum absolute atomic E-state index is 12.2. The second kappa shape index (κ2) is 5.29. The van der Waals surface area contributed by atoms with Gasteiger partial charge in [-0.05, 0) is 24.1 Å². The zero-order valence-electron chi connectivity index (χ0n) is 10.1. The van der Waals surface area contributed by atoms with E-state index < -0.39 is 0 Å². The number of benzene rings is 1. The summed E-state index contributed by atoms with van der Waals surface area (Å²) >= 11 is 0. The molecule has 1 unspecified atom stereocenters. The lowest BCUT2D eigenvalue weighted by molar-refractivity contribution is 0.0711. The topological polar surface area (TPSA) is 55.6 Å². The molecule has 0 aliphatic carbocycles. The molecule has 1 saturated heterocycles. The van der Waals surface area contributed by atoms with Crippen LogP contribution in [0.5, 0.6) is 0 Å². The van der Waals surface area contributed by atoms with Crippen molar-refractivity contribution in [1.82, 2.24) is 4.90 Å². The molecule has 4 nitrogen and oxygen atoms in total. The van der Waals surface area contributed by atoms with E-state index in [-0.39, 0.29) is 11.9 Å². The summed E-state index contributed by atoms with van der Waals surface area (Å²) in [6.45, 7) is 1.89. The number of hydrogen-bond acceptors (Lipinski definition) is 3. The average molecular weight is 234 g/mol. The van der Waals surface area contributed by atoms with Crippen LogP contribution in [0.3, 0.4) is 0 Å². The van der Waals surface area contributed by atoms with Gasteiger partial charge in [-0.1, -0.05) is 12.1 Å². The molecule has 0 bridgehead atoms. The summed E-state index contributed by atoms with van der Waals surface area (Å²) in [5.74, 6) is 0.0454. The van der Waals surface area contributed by atoms with Crippen LogP contribution >= 0.6 is 0 Å². The third-order valence-corrected chi connectivity index (χ3v) is 3.21. The van der Waals surface area contributed by atoms with Crippen molar-refractivity contribution in [3.8, 4) is 0 Å². The van der Waals surface area contributed by atoms with Crippen molar-refractivity contribution >= 4 is 5.91 Å². The standard InChI is InChI=1S/C13H18N2O2/c1-15(12-6-7-17-9-12)13(16)11-4-2-10(8-14)3-5-11/h2-5,12H,6-9,14H2,1H3. The third kappa shape index (κ3) is 2.65. The molecule has 1 aliphatic rings. The number of likely N-dealkylation sites (N-methyl/N-ethyl adjacent to an activating group) is 1. The second-order valence-electron chi connectivity index (χ2n) is 4.33. The highest BCUT2D eigenvalue weighted by atomic mass is 16.5. The first-order valence-corrected chi connectivity index (χ1v) is 5.86. The molecule has 1 amide bonds. The molecule has 0 aromatic heterocycles. The minimum Gasteiger partial charge on any atom is -0.379 e. The molecule has 0 radical (unpaired) electrons. The molecule has 4 heteroatoms. The monoisotopic (exact) mass is 234 g/mol. The van der Waals surface area contributed by atoms with E-state index in [0.717, 1.165) is 18.6 Å². The van der Waals surface area contributed by atoms with Gasteiger partial charge in [-0.2, -0.15) is 0 Å². The van der Waals surface area contributed by atoms with Gasteiger partial charge in [0.25, 0.3) is 5.91 Å². The highest BCUT2D eigenvalue weighted by Gasteiger charge is 2.24. The molecule has 17 heavy (non-hydrogen) atoms. The van der Waals surface area contributed by atoms with Crippen LogP contribution in [0.15, 0.2) is 24.3 Å². The lowest BCUT2D eigenvalue weighted by Crippen LogP contribution is -2.37. The molecule has 1 aromatic rings. The Morgan fingerprint density at radius 1 is 1.47 bits per heavy atom. The van der Waals surface area contributed by atoms with Crippen LogP contribution in [0.4, 0.5) is 0 Å². The highest BCUT2D eigenvalue weighted by molar-refractivity contribution is 5.94. The molecule has 1 heterocycles. The average Bonchev–Trinajstić information content (AvgIpc) is 2.91. The van der Waals surface area contributed by atoms with E-state index >= 15 is 0 Å². The number of nitrogens with zero attached hydrogens (tertiary/aromatic N) is 1. The quantitative estimate of drug-likeness (QED) is 0.849. The summed E-state index contributed by atoms with van der Waals surface area (Å²) in [6.07, 6.45) is 0.920. The van der Waals surface area contributed by atoms with Crippen LogP contribution in [0.2, 0.25) is 0 Å². The lowest BCUT2D eigenvalue weighted by atomic mass is 10.1. The number of rotatable bonds is 3. The SMILES string of the molecule is CN(C(=O)c1ccc(CN)cc1)C1CCOC1. The first-order valence-electron chi connectivity index (χ1n) is 5.86. The number of nitrogens with two attached hydrogens (primary N) is 1. The van der Waals surface area contributed by atoms with Gasteiger partial charge in [0, 0.05) is 25.8 Å². The van der Waals surface area contributed by atoms with Crippen LogP contribution in [0, 0.1) is 0 Å². The fourth-order valence-corrected chi connectivity index (χ4v) is 1.98. The Morgan fingerprint density at radius 2 is 2.18 bits per heavy atom. The first kappa shape index (κ1) is 12.1. The van der Waals surface area contributed by atoms with Gasteiger partial charge in [-0.15, -0.1) is 0 Å². The van der Waals surface area contributed by atoms with Crippen molar-refractivity contribution in [2.45, 2.75) is 19.0 Å². The Hall–Kier alpha value is -1.39. The lowest BCUT2D eigenvalue weighted by Gasteiger charge is -2.23. The molecular formula is C13H18N2O2. The number of hydrogen-bond donors (Lipinski definition) is 1. The minimum atomic E-state index is 0.0454. The summed E-state index contributed by atoms with van der Waals surface area (Å²) in [7, 11) is 1.83. The van der Waals surface area contributed by atoms with Gasteiger partial charge >= 0.3 is 0 Å². The Balaban J connectivity index is 2.07. The Labute approximate surface area is 101 Å². The molecule has 92 valence electrons. The van der Waals surface area contributed by atoms with E-state index in [1.165, 1.54) is 0 Å². The van der Waals surface area contributed by atoms with Gasteiger partial charge in [-0.3, -0.25) is 4.79 Å². The van der Waals surface area contributed by atoms with Crippen LogP contribution < -0.4 is 5.73 Å². The predicted molar refractivity (Wildman–Crippen MR) is 65.7 cm³/mol. The molecule has 1 atom stereocenters. The van der Waals surface area contributed by atoms with Crippen molar-refractivity contribution in [1.29, 1.82) is 0 Å². The van der Waals surface area contributed by atoms with Crippen molar-refractivity contribution in [3.63, 3.8) is 0 Å². The third-order valence-electron chi connectivity index (χ3n) is 3.21. The Kier molecular flexibility index (Phi) is 3.76. The van der Waals surface area contributed by atoms with Gasteiger partial charge < -0.3 is 15.4 Å². The van der Waals surface area contributed by atoms with E-state index in [2.05, 4.69) is 0 Å². The zero-order valence-corrected chi connectivity index (χ0v) is 10.1. The van der Waals surface area contributed by atoms with E-state index in [0.29, 0.717) is 18.7 Å². The van der Waals surface area contributed by atoms with Crippen molar-refractivity contribution < 1.29 is 9.53 Å². The summed E-state index contributed by atoms with van der Waals surface area (Å²) in [5, 5.41) is 0. The molecule has 2 N–H and O–H groups in total. The molecule has 0 spiro atoms. The van der Waals surface area contributed by atoms with Crippen LogP contribution in [-0.2, 0) is 11.3 Å². The van der Waals surface area contributed by atoms with Crippen molar-refractivity contribution in [2.75, 3.05) is 20.3 Å². The second-order valence-corrected chi connectivity index (χ2v) is 4.33. The molecule has 0 saturated carbocycles. The Morgan fingerprint density at radius 3 is 2.71 bits per heavy atom. The number of amides is 1. The van der Waals surface area contributed by atoms with E-state index in [4.69, 9.17) is 10.5 Å². The van der Waals surface area contributed by atoms with Gasteiger partial charge in [0.2, 0.25) is 0 Å². The van der Waals surface area contributed by atoms with Crippen LogP contribution in [0.1, 0.15) is 22.3 Å². The minimum absolute atomic E-state index is 0.0454. The largest absolute Gasteiger partial charge is 0.379 e. The fraction of sp³-hybridized carbons (Fsp3) is 0.462. The highest BCUT2D eigenvalue weighted by Crippen LogP contribution is 2.14. The summed E-state index contributed by atoms with van der Waals surface area (Å²) in [5.41, 5.74) is 7.26. The van der Waals surface area contributed by atoms with Gasteiger partial charge in [0.1, 0.15) is 0 Å². The number of carbonyl (C=O) groups is 1. The van der Waals surface area contributed by atoms with Crippen LogP contribution in [-0.4, -0.2) is 37.1 Å². The van der Waals surface area contributed by atoms with Crippen molar-refractivity contribution in [3.05, 3.63) is 35.4 Å². The smallest absolute Gasteiger partial charge is 0.253 e. The van der Waals surface area contributed by atoms with E-state index in [1.54, 1.807) is 4.90 Å². The zero-order chi connectivity index (χ0) is 12.3. The van der Waals surface area contributed by atoms with Crippen molar-refractivity contribution in [2.24, 2.45) is 5.73 Å². The van der Waals surface area contributed by atoms with E-state index in [1.807, 2.05) is 31.3 Å². The molecule has 2 rings (SSSR count). The van der Waals surface area contributed by atoms with Gasteiger partial charge in [0.15, 0.2) is 0 Å². The summed E-state index contributed by atoms with van der Waals surface area (Å²) < 4.78 is 5.29. The fourth-order valence-electron chi connectivity index (χ4n) is 1.98. The van der Waals surface area contributed by atoms with Gasteiger partial charge in [0.05, 0.1) is 12.6 Å². The predicted octanol–water partition coefficient (Wildman–Crippen LogP) is 1.01. The van der Waals surface area contributed by atoms with Gasteiger partial charge in [-0.25, -0.2) is 0 Å². The number of ether oxygens (including phenoxy) is 1. The maximum Gasteiger partial charge on any atom is 0.253 e. The molecule has 1 fully saturated rings. The Bertz CT molecular complexity index is 383. The molecule has 1 aromatic carbocycles. The summed E-state index contributed by atoms with van der Waals surface area (Å²) in [4.78, 5) is 13.9. The maximum atomic E-state index is 12.2. The van der Waals surface area contributed by atoms with E-state index in [9.17, 15) is 4.79 Å². The summed E-state index contributed by atoms with van der Waals surface area (Å²) in [6, 6.07) is 7.66. The molecular weight excluding hydrogens is 216 g/mol. The number of carbonyl (C=O) groups excluding carboxylic acids is 1.